The zero-order chi connectivity index (χ0) is 15.5. The van der Waals surface area contributed by atoms with Crippen LogP contribution in [0.1, 0.15) is 43.2 Å². The molecular weight excluding hydrogens is 281 g/mol. The van der Waals surface area contributed by atoms with Crippen LogP contribution in [0.2, 0.25) is 0 Å². The van der Waals surface area contributed by atoms with E-state index in [2.05, 4.69) is 65.9 Å². The van der Waals surface area contributed by atoms with Crippen LogP contribution < -0.4 is 5.23 Å². The first-order valence-corrected chi connectivity index (χ1v) is 8.78. The summed E-state index contributed by atoms with van der Waals surface area (Å²) in [5, 5.41) is 3.57. The van der Waals surface area contributed by atoms with E-state index in [-0.39, 0.29) is 0 Å². The van der Waals surface area contributed by atoms with E-state index in [0.29, 0.717) is 12.0 Å². The third-order valence-electron chi connectivity index (χ3n) is 5.46. The van der Waals surface area contributed by atoms with Gasteiger partial charge in [0.2, 0.25) is 0 Å². The number of hydrogen-bond donors (Lipinski definition) is 1. The Labute approximate surface area is 139 Å². The van der Waals surface area contributed by atoms with Crippen molar-refractivity contribution in [3.63, 3.8) is 0 Å². The second-order valence-electron chi connectivity index (χ2n) is 6.75. The molecule has 1 aliphatic carbocycles. The zero-order valence-corrected chi connectivity index (χ0v) is 13.4. The van der Waals surface area contributed by atoms with Crippen molar-refractivity contribution in [2.45, 2.75) is 43.7 Å². The Morgan fingerprint density at radius 2 is 1.39 bits per heavy atom. The molecule has 4 rings (SSSR count). The average molecular weight is 304 g/mol. The van der Waals surface area contributed by atoms with Gasteiger partial charge >= 0.3 is 7.62 Å². The van der Waals surface area contributed by atoms with Crippen LogP contribution in [0.15, 0.2) is 60.7 Å². The molecule has 1 saturated carbocycles. The molecule has 1 heterocycles. The first-order valence-electron chi connectivity index (χ1n) is 8.78. The highest BCUT2D eigenvalue weighted by molar-refractivity contribution is 6.25. The number of hydrogen-bond acceptors (Lipinski definition) is 2. The van der Waals surface area contributed by atoms with E-state index >= 15 is 0 Å². The second-order valence-corrected chi connectivity index (χ2v) is 6.75. The summed E-state index contributed by atoms with van der Waals surface area (Å²) in [6.45, 7) is 0. The van der Waals surface area contributed by atoms with Crippen molar-refractivity contribution >= 4 is 7.62 Å². The van der Waals surface area contributed by atoms with Gasteiger partial charge in [-0.3, -0.25) is 0 Å². The Balaban J connectivity index is 1.81. The molecule has 1 atom stereocenters. The average Bonchev–Trinajstić information content (AvgIpc) is 3.10. The summed E-state index contributed by atoms with van der Waals surface area (Å²) >= 11 is 0. The van der Waals surface area contributed by atoms with Crippen LogP contribution in [0, 0.1) is 5.92 Å². The lowest BCUT2D eigenvalue weighted by Gasteiger charge is -2.41. The van der Waals surface area contributed by atoms with Crippen molar-refractivity contribution in [1.82, 2.24) is 5.23 Å². The standard InChI is InChI=1S/C20H23BNO/c1-4-10-16(11-5-1)19-20(23-21-22-19,17-12-6-2-7-13-17)18-14-8-3-9-15-18/h2-3,6-9,12-16,19,22H,1,4-5,10-11H2. The molecule has 0 spiro atoms. The predicted molar refractivity (Wildman–Crippen MR) is 94.0 cm³/mol. The molecule has 2 aromatic rings. The molecule has 1 radical (unpaired) electrons. The lowest BCUT2D eigenvalue weighted by molar-refractivity contribution is 0.0804. The largest absolute Gasteiger partial charge is 0.409 e. The maximum atomic E-state index is 6.34. The smallest absolute Gasteiger partial charge is 0.397 e. The molecule has 117 valence electrons. The van der Waals surface area contributed by atoms with Crippen LogP contribution in [0.3, 0.4) is 0 Å². The first kappa shape index (κ1) is 15.0. The Morgan fingerprint density at radius 3 is 1.96 bits per heavy atom. The number of nitrogens with one attached hydrogen (secondary N) is 1. The lowest BCUT2D eigenvalue weighted by atomic mass is 9.71. The molecule has 2 nitrogen and oxygen atoms in total. The quantitative estimate of drug-likeness (QED) is 0.864. The summed E-state index contributed by atoms with van der Waals surface area (Å²) < 4.78 is 6.34. The zero-order valence-electron chi connectivity index (χ0n) is 13.4. The highest BCUT2D eigenvalue weighted by Gasteiger charge is 2.50. The minimum atomic E-state index is -0.412. The van der Waals surface area contributed by atoms with Crippen molar-refractivity contribution in [1.29, 1.82) is 0 Å². The van der Waals surface area contributed by atoms with Gasteiger partial charge in [0, 0.05) is 6.04 Å². The van der Waals surface area contributed by atoms with Crippen LogP contribution in [0.25, 0.3) is 0 Å². The SMILES string of the molecule is [B]1NC(C2CCCCC2)C(c2ccccc2)(c2ccccc2)O1. The van der Waals surface area contributed by atoms with E-state index in [1.165, 1.54) is 43.2 Å². The van der Waals surface area contributed by atoms with Gasteiger partial charge in [-0.1, -0.05) is 79.9 Å². The van der Waals surface area contributed by atoms with Gasteiger partial charge in [-0.15, -0.1) is 0 Å². The van der Waals surface area contributed by atoms with E-state index in [4.69, 9.17) is 4.65 Å². The molecule has 1 unspecified atom stereocenters. The van der Waals surface area contributed by atoms with Crippen LogP contribution in [-0.4, -0.2) is 13.7 Å². The van der Waals surface area contributed by atoms with Gasteiger partial charge in [-0.05, 0) is 29.9 Å². The van der Waals surface area contributed by atoms with Gasteiger partial charge < -0.3 is 9.88 Å². The van der Waals surface area contributed by atoms with E-state index < -0.39 is 5.60 Å². The Bertz CT molecular complexity index is 585. The first-order chi connectivity index (χ1) is 11.4. The molecule has 0 bridgehead atoms. The Kier molecular flexibility index (Phi) is 4.24. The molecule has 23 heavy (non-hydrogen) atoms. The van der Waals surface area contributed by atoms with E-state index in [9.17, 15) is 0 Å². The summed E-state index contributed by atoms with van der Waals surface area (Å²) in [5.74, 6) is 0.655. The van der Waals surface area contributed by atoms with Gasteiger partial charge in [-0.2, -0.15) is 0 Å². The molecule has 1 aliphatic heterocycles. The Morgan fingerprint density at radius 1 is 0.826 bits per heavy atom. The van der Waals surface area contributed by atoms with Gasteiger partial charge in [0.1, 0.15) is 5.60 Å². The van der Waals surface area contributed by atoms with Crippen molar-refractivity contribution in [2.75, 3.05) is 0 Å². The van der Waals surface area contributed by atoms with Gasteiger partial charge in [0.05, 0.1) is 0 Å². The molecule has 0 amide bonds. The van der Waals surface area contributed by atoms with E-state index in [1.807, 2.05) is 7.62 Å². The molecule has 2 aromatic carbocycles. The molecule has 0 aromatic heterocycles. The predicted octanol–water partition coefficient (Wildman–Crippen LogP) is 4.03. The van der Waals surface area contributed by atoms with Crippen LogP contribution in [0.5, 0.6) is 0 Å². The van der Waals surface area contributed by atoms with Gasteiger partial charge in [-0.25, -0.2) is 0 Å². The number of benzene rings is 2. The summed E-state index contributed by atoms with van der Waals surface area (Å²) in [4.78, 5) is 0. The second kappa shape index (κ2) is 6.50. The highest BCUT2D eigenvalue weighted by Crippen LogP contribution is 2.45. The van der Waals surface area contributed by atoms with Crippen molar-refractivity contribution in [2.24, 2.45) is 5.92 Å². The van der Waals surface area contributed by atoms with Gasteiger partial charge in [0.25, 0.3) is 0 Å². The van der Waals surface area contributed by atoms with Crippen molar-refractivity contribution < 1.29 is 4.65 Å². The van der Waals surface area contributed by atoms with Crippen LogP contribution >= 0.6 is 0 Å². The summed E-state index contributed by atoms with van der Waals surface area (Å²) in [7, 11) is 1.82. The molecular formula is C20H23BNO. The van der Waals surface area contributed by atoms with E-state index in [0.717, 1.165) is 0 Å². The maximum absolute atomic E-state index is 6.34. The normalized spacial score (nSPS) is 24.3. The fourth-order valence-electron chi connectivity index (χ4n) is 4.36. The third-order valence-corrected chi connectivity index (χ3v) is 5.46. The molecule has 3 heteroatoms. The fourth-order valence-corrected chi connectivity index (χ4v) is 4.36. The molecule has 1 saturated heterocycles. The minimum absolute atomic E-state index is 0.299. The van der Waals surface area contributed by atoms with Gasteiger partial charge in [0.15, 0.2) is 0 Å². The fraction of sp³-hybridized carbons (Fsp3) is 0.400. The summed E-state index contributed by atoms with van der Waals surface area (Å²) in [5.41, 5.74) is 2.07. The van der Waals surface area contributed by atoms with Crippen molar-refractivity contribution in [3.8, 4) is 0 Å². The minimum Gasteiger partial charge on any atom is -0.409 e. The lowest BCUT2D eigenvalue weighted by Crippen LogP contribution is -2.47. The number of rotatable bonds is 3. The summed E-state index contributed by atoms with van der Waals surface area (Å²) in [6.07, 6.45) is 6.62. The molecule has 1 N–H and O–H groups in total. The highest BCUT2D eigenvalue weighted by atomic mass is 16.5. The topological polar surface area (TPSA) is 21.3 Å². The summed E-state index contributed by atoms with van der Waals surface area (Å²) in [6, 6.07) is 21.7. The van der Waals surface area contributed by atoms with Crippen molar-refractivity contribution in [3.05, 3.63) is 71.8 Å². The third kappa shape index (κ3) is 2.62. The van der Waals surface area contributed by atoms with Crippen LogP contribution in [-0.2, 0) is 10.3 Å². The van der Waals surface area contributed by atoms with E-state index in [1.54, 1.807) is 0 Å². The molecule has 2 fully saturated rings. The molecule has 2 aliphatic rings. The monoisotopic (exact) mass is 304 g/mol. The Hall–Kier alpha value is -1.58. The maximum Gasteiger partial charge on any atom is 0.397 e. The van der Waals surface area contributed by atoms with Crippen LogP contribution in [0.4, 0.5) is 0 Å².